The number of hydrogen-bond acceptors (Lipinski definition) is 3. The van der Waals surface area contributed by atoms with E-state index in [0.29, 0.717) is 0 Å². The molecule has 0 spiro atoms. The highest BCUT2D eigenvalue weighted by Crippen LogP contribution is 2.47. The Bertz CT molecular complexity index is 850. The Balaban J connectivity index is 0.00000272. The fourth-order valence-corrected chi connectivity index (χ4v) is 4.04. The second-order valence-corrected chi connectivity index (χ2v) is 7.56. The molecule has 1 aliphatic heterocycles. The molecule has 0 radical (unpaired) electrons. The lowest BCUT2D eigenvalue weighted by Gasteiger charge is -2.34. The van der Waals surface area contributed by atoms with Gasteiger partial charge < -0.3 is 15.4 Å². The van der Waals surface area contributed by atoms with Crippen molar-refractivity contribution in [3.05, 3.63) is 65.2 Å². The normalized spacial score (nSPS) is 18.9. The number of benzene rings is 2. The lowest BCUT2D eigenvalue weighted by Crippen LogP contribution is -2.45. The number of hydrogen-bond donors (Lipinski definition) is 2. The lowest BCUT2D eigenvalue weighted by atomic mass is 9.91. The summed E-state index contributed by atoms with van der Waals surface area (Å²) in [6, 6.07) is 12.6. The molecule has 186 valence electrons. The van der Waals surface area contributed by atoms with E-state index in [1.807, 2.05) is 30.3 Å². The molecule has 2 aromatic carbocycles. The van der Waals surface area contributed by atoms with Gasteiger partial charge in [-0.1, -0.05) is 36.4 Å². The Morgan fingerprint density at radius 3 is 2.21 bits per heavy atom. The summed E-state index contributed by atoms with van der Waals surface area (Å²) in [5, 5.41) is 6.73. The van der Waals surface area contributed by atoms with Crippen LogP contribution in [0, 0.1) is 0 Å². The minimum Gasteiger partial charge on any atom is -0.496 e. The van der Waals surface area contributed by atoms with Crippen molar-refractivity contribution in [3.63, 3.8) is 0 Å². The Morgan fingerprint density at radius 1 is 1.00 bits per heavy atom. The van der Waals surface area contributed by atoms with Crippen molar-refractivity contribution in [3.8, 4) is 5.75 Å². The molecule has 2 atom stereocenters. The molecule has 0 amide bonds. The maximum absolute atomic E-state index is 13.2. The second-order valence-electron chi connectivity index (χ2n) is 7.56. The summed E-state index contributed by atoms with van der Waals surface area (Å²) in [7, 11) is 1.33. The Kier molecular flexibility index (Phi) is 10.8. The van der Waals surface area contributed by atoms with Gasteiger partial charge in [0.05, 0.1) is 7.11 Å². The van der Waals surface area contributed by atoms with Crippen molar-refractivity contribution in [1.82, 2.24) is 10.6 Å². The predicted octanol–water partition coefficient (Wildman–Crippen LogP) is 6.33. The average Bonchev–Trinajstić information content (AvgIpc) is 2.71. The standard InChI is InChI=1S/C22H24F6N2O.2ClH/c1-31-18-10-9-15(20(21(23,24)25)22(26,27)28)12-16(18)13-30-17-8-5-11-29-19(17)14-6-3-2-4-7-14;;/h2-4,6-7,9-10,12,17,19-20,29-30H,5,8,11,13H2,1H3;2*1H/t17-,19-;;/m0../s1. The zero-order valence-corrected chi connectivity index (χ0v) is 19.3. The number of alkyl halides is 6. The monoisotopic (exact) mass is 518 g/mol. The van der Waals surface area contributed by atoms with Crippen LogP contribution in [0.2, 0.25) is 0 Å². The molecule has 0 bridgehead atoms. The van der Waals surface area contributed by atoms with Crippen LogP contribution in [0.3, 0.4) is 0 Å². The quantitative estimate of drug-likeness (QED) is 0.438. The van der Waals surface area contributed by atoms with Gasteiger partial charge >= 0.3 is 12.4 Å². The highest BCUT2D eigenvalue weighted by Gasteiger charge is 2.57. The third-order valence-electron chi connectivity index (χ3n) is 5.46. The second kappa shape index (κ2) is 12.1. The molecule has 1 saturated heterocycles. The number of halogens is 8. The fourth-order valence-electron chi connectivity index (χ4n) is 4.04. The van der Waals surface area contributed by atoms with E-state index < -0.39 is 23.8 Å². The third-order valence-corrected chi connectivity index (χ3v) is 5.46. The van der Waals surface area contributed by atoms with E-state index in [2.05, 4.69) is 10.6 Å². The first kappa shape index (κ1) is 29.4. The van der Waals surface area contributed by atoms with Crippen LogP contribution in [0.15, 0.2) is 48.5 Å². The van der Waals surface area contributed by atoms with Gasteiger partial charge in [-0.2, -0.15) is 26.3 Å². The van der Waals surface area contributed by atoms with Crippen LogP contribution in [0.1, 0.15) is 41.5 Å². The van der Waals surface area contributed by atoms with Crippen LogP contribution < -0.4 is 15.4 Å². The van der Waals surface area contributed by atoms with Crippen LogP contribution in [0.25, 0.3) is 0 Å². The molecule has 0 unspecified atom stereocenters. The van der Waals surface area contributed by atoms with Gasteiger partial charge in [-0.3, -0.25) is 0 Å². The van der Waals surface area contributed by atoms with E-state index in [4.69, 9.17) is 4.74 Å². The molecule has 1 fully saturated rings. The Morgan fingerprint density at radius 2 is 1.64 bits per heavy atom. The first-order valence-corrected chi connectivity index (χ1v) is 9.93. The number of nitrogens with one attached hydrogen (secondary N) is 2. The van der Waals surface area contributed by atoms with Gasteiger partial charge in [0.15, 0.2) is 5.92 Å². The third kappa shape index (κ3) is 7.40. The van der Waals surface area contributed by atoms with E-state index in [-0.39, 0.29) is 54.8 Å². The molecule has 2 N–H and O–H groups in total. The molecular weight excluding hydrogens is 493 g/mol. The van der Waals surface area contributed by atoms with E-state index in [1.165, 1.54) is 7.11 Å². The van der Waals surface area contributed by atoms with Crippen LogP contribution in [0.5, 0.6) is 5.75 Å². The fraction of sp³-hybridized carbons (Fsp3) is 0.455. The van der Waals surface area contributed by atoms with Crippen molar-refractivity contribution in [2.75, 3.05) is 13.7 Å². The van der Waals surface area contributed by atoms with Crippen molar-refractivity contribution >= 4 is 24.8 Å². The molecule has 11 heteroatoms. The SMILES string of the molecule is COc1ccc(C(C(F)(F)F)C(F)(F)F)cc1CN[C@H]1CCCN[C@H]1c1ccccc1.Cl.Cl. The molecule has 3 rings (SSSR count). The Labute approximate surface area is 201 Å². The van der Waals surface area contributed by atoms with E-state index in [0.717, 1.165) is 43.1 Å². The zero-order valence-electron chi connectivity index (χ0n) is 17.7. The predicted molar refractivity (Wildman–Crippen MR) is 119 cm³/mol. The van der Waals surface area contributed by atoms with Gasteiger partial charge in [-0.15, -0.1) is 24.8 Å². The molecule has 0 aliphatic carbocycles. The van der Waals surface area contributed by atoms with Gasteiger partial charge in [-0.05, 0) is 42.6 Å². The first-order chi connectivity index (χ1) is 14.6. The molecule has 3 nitrogen and oxygen atoms in total. The molecule has 2 aromatic rings. The molecule has 0 aromatic heterocycles. The minimum absolute atomic E-state index is 0. The summed E-state index contributed by atoms with van der Waals surface area (Å²) in [5.41, 5.74) is 0.462. The van der Waals surface area contributed by atoms with Crippen molar-refractivity contribution in [1.29, 1.82) is 0 Å². The van der Waals surface area contributed by atoms with Crippen LogP contribution >= 0.6 is 24.8 Å². The topological polar surface area (TPSA) is 33.3 Å². The van der Waals surface area contributed by atoms with Crippen LogP contribution in [-0.2, 0) is 6.54 Å². The van der Waals surface area contributed by atoms with Crippen molar-refractivity contribution < 1.29 is 31.1 Å². The number of methoxy groups -OCH3 is 1. The van der Waals surface area contributed by atoms with Crippen LogP contribution in [-0.4, -0.2) is 32.0 Å². The van der Waals surface area contributed by atoms with Crippen molar-refractivity contribution in [2.24, 2.45) is 0 Å². The highest BCUT2D eigenvalue weighted by molar-refractivity contribution is 5.85. The van der Waals surface area contributed by atoms with Crippen molar-refractivity contribution in [2.45, 2.75) is 49.7 Å². The summed E-state index contributed by atoms with van der Waals surface area (Å²) in [6.45, 7) is 0.907. The molecule has 1 aliphatic rings. The maximum Gasteiger partial charge on any atom is 0.404 e. The first-order valence-electron chi connectivity index (χ1n) is 9.93. The van der Waals surface area contributed by atoms with Gasteiger partial charge in [0.2, 0.25) is 0 Å². The molecule has 33 heavy (non-hydrogen) atoms. The zero-order chi connectivity index (χ0) is 22.6. The summed E-state index contributed by atoms with van der Waals surface area (Å²) in [4.78, 5) is 0. The smallest absolute Gasteiger partial charge is 0.404 e. The lowest BCUT2D eigenvalue weighted by molar-refractivity contribution is -0.253. The summed E-state index contributed by atoms with van der Waals surface area (Å²) >= 11 is 0. The van der Waals surface area contributed by atoms with Gasteiger partial charge in [0.1, 0.15) is 5.75 Å². The maximum atomic E-state index is 13.2. The molecule has 1 heterocycles. The largest absolute Gasteiger partial charge is 0.496 e. The van der Waals surface area contributed by atoms with E-state index >= 15 is 0 Å². The molecular formula is C22H26Cl2F6N2O. The summed E-state index contributed by atoms with van der Waals surface area (Å²) in [6.07, 6.45) is -9.16. The summed E-state index contributed by atoms with van der Waals surface area (Å²) in [5.74, 6) is -3.31. The van der Waals surface area contributed by atoms with Gasteiger partial charge in [0, 0.05) is 24.2 Å². The van der Waals surface area contributed by atoms with Crippen LogP contribution in [0.4, 0.5) is 26.3 Å². The Hall–Kier alpha value is -1.68. The number of ether oxygens (including phenoxy) is 1. The number of piperidine rings is 1. The van der Waals surface area contributed by atoms with E-state index in [9.17, 15) is 26.3 Å². The average molecular weight is 519 g/mol. The highest BCUT2D eigenvalue weighted by atomic mass is 35.5. The summed E-state index contributed by atoms with van der Waals surface area (Å²) < 4.78 is 84.1. The van der Waals surface area contributed by atoms with E-state index in [1.54, 1.807) is 0 Å². The van der Waals surface area contributed by atoms with Gasteiger partial charge in [-0.25, -0.2) is 0 Å². The van der Waals surface area contributed by atoms with Gasteiger partial charge in [0.25, 0.3) is 0 Å². The number of rotatable bonds is 6. The molecule has 0 saturated carbocycles. The minimum atomic E-state index is -5.44.